The molecule has 0 spiro atoms. The van der Waals surface area contributed by atoms with Crippen LogP contribution in [0.5, 0.6) is 23.0 Å². The van der Waals surface area contributed by atoms with Crippen molar-refractivity contribution in [2.24, 2.45) is 5.73 Å². The number of carbonyl (C=O) groups is 2. The number of amides is 3. The molecule has 1 aromatic heterocycles. The molecule has 4 N–H and O–H groups in total. The van der Waals surface area contributed by atoms with E-state index in [1.54, 1.807) is 39.3 Å². The molecule has 2 atom stereocenters. The zero-order chi connectivity index (χ0) is 36.9. The number of nitrogens with two attached hydrogens (primary N) is 1. The lowest BCUT2D eigenvalue weighted by Gasteiger charge is -2.38. The number of likely N-dealkylation sites (tertiary alicyclic amines) is 1. The molecule has 14 heteroatoms. The van der Waals surface area contributed by atoms with Gasteiger partial charge in [-0.3, -0.25) is 4.79 Å². The molecule has 1 aliphatic rings. The van der Waals surface area contributed by atoms with E-state index in [9.17, 15) is 23.1 Å². The van der Waals surface area contributed by atoms with Crippen molar-refractivity contribution in [3.05, 3.63) is 93.7 Å². The number of methoxy groups -OCH3 is 2. The number of urea groups is 1. The normalized spacial score (nSPS) is 17.7. The number of phenols is 1. The fraction of sp³-hybridized carbons (Fsp3) is 0.324. The first-order valence-electron chi connectivity index (χ1n) is 16.4. The number of carbonyl (C=O) groups excluding carboxylic acids is 2. The number of aromatic hydroxyl groups is 1. The fourth-order valence-electron chi connectivity index (χ4n) is 6.50. The Hall–Kier alpha value is -4.92. The topological polar surface area (TPSA) is 157 Å². The maximum absolute atomic E-state index is 14.2. The summed E-state index contributed by atoms with van der Waals surface area (Å²) in [4.78, 5) is 29.0. The molecular formula is C37H44N4O8S2+2. The minimum absolute atomic E-state index is 0.0784. The zero-order valence-corrected chi connectivity index (χ0v) is 31.0. The molecule has 3 aromatic carbocycles. The van der Waals surface area contributed by atoms with E-state index in [-0.39, 0.29) is 22.8 Å². The van der Waals surface area contributed by atoms with Crippen molar-refractivity contribution in [2.75, 3.05) is 39.7 Å². The minimum atomic E-state index is -4.05. The van der Waals surface area contributed by atoms with E-state index in [1.807, 2.05) is 25.1 Å². The molecule has 1 saturated heterocycles. The molecule has 270 valence electrons. The first-order valence-corrected chi connectivity index (χ1v) is 18.6. The molecule has 4 aromatic rings. The summed E-state index contributed by atoms with van der Waals surface area (Å²) in [5.74, 6) is 0.732. The molecule has 0 bridgehead atoms. The number of thiophene rings is 1. The van der Waals surface area contributed by atoms with Crippen LogP contribution in [-0.4, -0.2) is 80.6 Å². The first kappa shape index (κ1) is 37.3. The van der Waals surface area contributed by atoms with E-state index in [4.69, 9.17) is 19.4 Å². The number of hydrogen-bond donors (Lipinski definition) is 3. The van der Waals surface area contributed by atoms with Gasteiger partial charge in [-0.15, -0.1) is 11.3 Å². The van der Waals surface area contributed by atoms with Crippen LogP contribution in [0.25, 0.3) is 0 Å². The smallest absolute Gasteiger partial charge is 0.496 e. The van der Waals surface area contributed by atoms with Gasteiger partial charge in [0.1, 0.15) is 40.9 Å². The van der Waals surface area contributed by atoms with E-state index in [0.717, 1.165) is 29.1 Å². The number of benzene rings is 3. The number of rotatable bonds is 12. The zero-order valence-electron chi connectivity index (χ0n) is 29.3. The molecule has 0 aliphatic carbocycles. The van der Waals surface area contributed by atoms with Crippen molar-refractivity contribution in [1.29, 1.82) is 0 Å². The lowest BCUT2D eigenvalue weighted by atomic mass is 10.0. The molecule has 3 amide bonds. The van der Waals surface area contributed by atoms with Gasteiger partial charge in [-0.25, -0.2) is 5.32 Å². The van der Waals surface area contributed by atoms with Crippen molar-refractivity contribution in [3.63, 3.8) is 0 Å². The molecule has 51 heavy (non-hydrogen) atoms. The first-order chi connectivity index (χ1) is 24.2. The predicted octanol–water partition coefficient (Wildman–Crippen LogP) is 5.38. The monoisotopic (exact) mass is 736 g/mol. The Labute approximate surface area is 302 Å². The minimum Gasteiger partial charge on any atom is -0.508 e. The molecule has 1 aliphatic heterocycles. The number of ether oxygens (including phenoxy) is 2. The Morgan fingerprint density at radius 1 is 0.980 bits per heavy atom. The van der Waals surface area contributed by atoms with Gasteiger partial charge in [0.05, 0.1) is 27.8 Å². The second-order valence-electron chi connectivity index (χ2n) is 12.9. The number of primary amides is 1. The largest absolute Gasteiger partial charge is 0.508 e. The Balaban J connectivity index is 1.45. The van der Waals surface area contributed by atoms with Crippen LogP contribution in [0.1, 0.15) is 33.7 Å². The maximum Gasteiger partial charge on any atom is 0.496 e. The van der Waals surface area contributed by atoms with Crippen LogP contribution in [0.3, 0.4) is 0 Å². The highest BCUT2D eigenvalue weighted by Gasteiger charge is 2.39. The van der Waals surface area contributed by atoms with Crippen LogP contribution in [-0.2, 0) is 27.9 Å². The molecule has 1 unspecified atom stereocenters. The SMILES string of the molecule is COc1ccc(C[N+]2(C)CCC/C(=[N+](\C(=O)Nc3ccc(OS(=O)(=O)c4cc(C)sc4C)cc3)[C@@H](Cc3ccc(O)cc3)C(N)=O)C2)cc1OC. The molecule has 1 fully saturated rings. The van der Waals surface area contributed by atoms with Gasteiger partial charge in [-0.2, -0.15) is 17.8 Å². The summed E-state index contributed by atoms with van der Waals surface area (Å²) in [6.07, 6.45) is 1.45. The highest BCUT2D eigenvalue weighted by molar-refractivity contribution is 7.87. The molecule has 0 saturated carbocycles. The van der Waals surface area contributed by atoms with Crippen LogP contribution in [0, 0.1) is 13.8 Å². The number of phenolic OH excluding ortho intramolecular Hbond substituents is 1. The van der Waals surface area contributed by atoms with Gasteiger partial charge in [0.25, 0.3) is 5.91 Å². The highest BCUT2D eigenvalue weighted by Crippen LogP contribution is 2.31. The van der Waals surface area contributed by atoms with Crippen LogP contribution in [0.4, 0.5) is 10.5 Å². The van der Waals surface area contributed by atoms with Crippen molar-refractivity contribution < 1.29 is 45.8 Å². The number of aryl methyl sites for hydroxylation is 2. The van der Waals surface area contributed by atoms with Gasteiger partial charge in [-0.1, -0.05) is 12.1 Å². The Morgan fingerprint density at radius 3 is 2.25 bits per heavy atom. The van der Waals surface area contributed by atoms with Crippen molar-refractivity contribution in [2.45, 2.75) is 50.6 Å². The van der Waals surface area contributed by atoms with Gasteiger partial charge < -0.3 is 29.0 Å². The average molecular weight is 737 g/mol. The highest BCUT2D eigenvalue weighted by atomic mass is 32.2. The van der Waals surface area contributed by atoms with Crippen LogP contribution < -0.4 is 24.7 Å². The summed E-state index contributed by atoms with van der Waals surface area (Å²) in [6, 6.07) is 18.2. The summed E-state index contributed by atoms with van der Waals surface area (Å²) in [5.41, 5.74) is 8.87. The van der Waals surface area contributed by atoms with E-state index < -0.39 is 28.1 Å². The summed E-state index contributed by atoms with van der Waals surface area (Å²) < 4.78 is 44.2. The third-order valence-electron chi connectivity index (χ3n) is 8.88. The summed E-state index contributed by atoms with van der Waals surface area (Å²) in [5, 5.41) is 12.7. The van der Waals surface area contributed by atoms with Gasteiger partial charge in [0.15, 0.2) is 17.5 Å². The van der Waals surface area contributed by atoms with Crippen molar-refractivity contribution in [3.8, 4) is 23.0 Å². The Bertz CT molecular complexity index is 2040. The number of quaternary nitrogens is 1. The molecule has 12 nitrogen and oxygen atoms in total. The Morgan fingerprint density at radius 2 is 1.65 bits per heavy atom. The lowest BCUT2D eigenvalue weighted by molar-refractivity contribution is -0.918. The number of hydrogen-bond acceptors (Lipinski definition) is 9. The second kappa shape index (κ2) is 15.5. The fourth-order valence-corrected chi connectivity index (χ4v) is 8.95. The Kier molecular flexibility index (Phi) is 11.4. The predicted molar refractivity (Wildman–Crippen MR) is 196 cm³/mol. The summed E-state index contributed by atoms with van der Waals surface area (Å²) >= 11 is 1.37. The second-order valence-corrected chi connectivity index (χ2v) is 15.9. The number of nitrogens with one attached hydrogen (secondary N) is 1. The van der Waals surface area contributed by atoms with Crippen molar-refractivity contribution in [1.82, 2.24) is 0 Å². The maximum atomic E-state index is 14.2. The lowest BCUT2D eigenvalue weighted by Crippen LogP contribution is -2.56. The number of anilines is 1. The summed E-state index contributed by atoms with van der Waals surface area (Å²) in [7, 11) is 1.24. The third-order valence-corrected chi connectivity index (χ3v) is 11.4. The van der Waals surface area contributed by atoms with E-state index in [0.29, 0.717) is 51.6 Å². The molecule has 5 rings (SSSR count). The molecule has 0 radical (unpaired) electrons. The third kappa shape index (κ3) is 9.06. The average Bonchev–Trinajstić information content (AvgIpc) is 3.44. The molecular weight excluding hydrogens is 693 g/mol. The summed E-state index contributed by atoms with van der Waals surface area (Å²) in [6.45, 7) is 5.48. The van der Waals surface area contributed by atoms with Gasteiger partial charge >= 0.3 is 16.1 Å². The van der Waals surface area contributed by atoms with Crippen LogP contribution in [0.15, 0.2) is 77.7 Å². The number of nitrogens with zero attached hydrogens (tertiary/aromatic N) is 2. The van der Waals surface area contributed by atoms with E-state index >= 15 is 0 Å². The standard InChI is InChI=1S/C37H42N4O8S2/c1-24-19-35(25(2)50-24)51(45,46)49-31-15-11-28(12-16-31)39-37(44)40(32(36(38)43)20-26-8-13-30(42)14-9-26)29-7-6-18-41(3,23-29)22-27-10-17-33(47-4)34(21-27)48-5/h8-17,19,21,32H,6-7,18,20,22-23H2,1-5H3,(H2-2,38,39,42,43,44)/p+2/b40-29+/t32-,41?/m0/s1. The van der Waals surface area contributed by atoms with Crippen LogP contribution >= 0.6 is 11.3 Å². The van der Waals surface area contributed by atoms with E-state index in [2.05, 4.69) is 12.4 Å². The molecule has 2 heterocycles. The van der Waals surface area contributed by atoms with Crippen molar-refractivity contribution >= 4 is 44.8 Å². The van der Waals surface area contributed by atoms with E-state index in [1.165, 1.54) is 52.3 Å². The van der Waals surface area contributed by atoms with Crippen LogP contribution in [0.2, 0.25) is 0 Å². The van der Waals surface area contributed by atoms with Gasteiger partial charge in [-0.05, 0) is 80.1 Å². The number of piperidine rings is 1. The van der Waals surface area contributed by atoms with Gasteiger partial charge in [0.2, 0.25) is 0 Å². The van der Waals surface area contributed by atoms with Gasteiger partial charge in [0, 0.05) is 34.6 Å². The quantitative estimate of drug-likeness (QED) is 0.0995.